The molecule has 0 aromatic heterocycles. The summed E-state index contributed by atoms with van der Waals surface area (Å²) >= 11 is 0. The second kappa shape index (κ2) is 7.70. The van der Waals surface area contributed by atoms with E-state index in [1.807, 2.05) is 6.92 Å². The van der Waals surface area contributed by atoms with E-state index in [9.17, 15) is 4.79 Å². The Bertz CT molecular complexity index is 222. The van der Waals surface area contributed by atoms with Gasteiger partial charge in [-0.25, -0.2) is 0 Å². The maximum atomic E-state index is 11.9. The Morgan fingerprint density at radius 3 is 2.53 bits per heavy atom. The lowest BCUT2D eigenvalue weighted by Gasteiger charge is -2.28. The highest BCUT2D eigenvalue weighted by Gasteiger charge is 2.26. The van der Waals surface area contributed by atoms with Crippen LogP contribution in [0.15, 0.2) is 0 Å². The van der Waals surface area contributed by atoms with Gasteiger partial charge in [-0.1, -0.05) is 26.2 Å². The Kier molecular flexibility index (Phi) is 6.56. The zero-order valence-corrected chi connectivity index (χ0v) is 11.2. The molecular weight excluding hydrogens is 214 g/mol. The predicted octanol–water partition coefficient (Wildman–Crippen LogP) is 2.48. The second-order valence-corrected chi connectivity index (χ2v) is 5.45. The highest BCUT2D eigenvalue weighted by molar-refractivity contribution is 5.78. The van der Waals surface area contributed by atoms with Gasteiger partial charge in [0, 0.05) is 12.0 Å². The summed E-state index contributed by atoms with van der Waals surface area (Å²) in [6.45, 7) is 4.09. The molecule has 1 saturated carbocycles. The van der Waals surface area contributed by atoms with Crippen LogP contribution in [0.3, 0.4) is 0 Å². The van der Waals surface area contributed by atoms with E-state index in [0.29, 0.717) is 0 Å². The lowest BCUT2D eigenvalue weighted by molar-refractivity contribution is -0.127. The highest BCUT2D eigenvalue weighted by Crippen LogP contribution is 2.31. The molecule has 17 heavy (non-hydrogen) atoms. The Hall–Kier alpha value is -0.570. The molecule has 3 nitrogen and oxygen atoms in total. The molecule has 0 aromatic rings. The molecule has 0 unspecified atom stereocenters. The number of unbranched alkanes of at least 4 members (excludes halogenated alkanes) is 1. The average Bonchev–Trinajstić information content (AvgIpc) is 2.36. The minimum atomic E-state index is -0.111. The van der Waals surface area contributed by atoms with E-state index in [1.165, 1.54) is 32.1 Å². The minimum Gasteiger partial charge on any atom is -0.394 e. The van der Waals surface area contributed by atoms with E-state index in [2.05, 4.69) is 12.2 Å². The fraction of sp³-hybridized carbons (Fsp3) is 0.929. The summed E-state index contributed by atoms with van der Waals surface area (Å²) in [5.74, 6) is 1.16. The number of hydrogen-bond donors (Lipinski definition) is 2. The van der Waals surface area contributed by atoms with Crippen molar-refractivity contribution >= 4 is 5.91 Å². The highest BCUT2D eigenvalue weighted by atomic mass is 16.3. The molecule has 1 atom stereocenters. The quantitative estimate of drug-likeness (QED) is 0.750. The number of aliphatic hydroxyl groups excluding tert-OH is 1. The van der Waals surface area contributed by atoms with E-state index >= 15 is 0 Å². The van der Waals surface area contributed by atoms with E-state index < -0.39 is 0 Å². The topological polar surface area (TPSA) is 49.3 Å². The number of aliphatic hydroxyl groups is 1. The van der Waals surface area contributed by atoms with Crippen molar-refractivity contribution in [3.8, 4) is 0 Å². The van der Waals surface area contributed by atoms with Gasteiger partial charge in [0.05, 0.1) is 6.61 Å². The molecule has 1 aliphatic carbocycles. The lowest BCUT2D eigenvalue weighted by atomic mass is 9.79. The third-order valence-corrected chi connectivity index (χ3v) is 3.85. The third kappa shape index (κ3) is 5.07. The largest absolute Gasteiger partial charge is 0.394 e. The van der Waals surface area contributed by atoms with Gasteiger partial charge in [0.25, 0.3) is 0 Å². The van der Waals surface area contributed by atoms with Gasteiger partial charge < -0.3 is 10.4 Å². The van der Waals surface area contributed by atoms with Gasteiger partial charge >= 0.3 is 0 Å². The number of amides is 1. The number of nitrogens with one attached hydrogen (secondary N) is 1. The molecule has 3 heteroatoms. The molecule has 1 amide bonds. The summed E-state index contributed by atoms with van der Waals surface area (Å²) in [5, 5.41) is 11.8. The van der Waals surface area contributed by atoms with E-state index in [0.717, 1.165) is 18.8 Å². The molecule has 1 rings (SSSR count). The monoisotopic (exact) mass is 241 g/mol. The fourth-order valence-electron chi connectivity index (χ4n) is 2.61. The first kappa shape index (κ1) is 14.5. The lowest BCUT2D eigenvalue weighted by Crippen LogP contribution is -2.40. The number of carbonyl (C=O) groups is 1. The molecule has 1 aliphatic rings. The van der Waals surface area contributed by atoms with Crippen molar-refractivity contribution < 1.29 is 9.90 Å². The van der Waals surface area contributed by atoms with Crippen LogP contribution in [-0.4, -0.2) is 23.7 Å². The second-order valence-electron chi connectivity index (χ2n) is 5.45. The molecule has 0 saturated heterocycles. The third-order valence-electron chi connectivity index (χ3n) is 3.85. The Balaban J connectivity index is 2.24. The van der Waals surface area contributed by atoms with Crippen molar-refractivity contribution in [1.29, 1.82) is 0 Å². The van der Waals surface area contributed by atoms with Gasteiger partial charge in [0.15, 0.2) is 0 Å². The molecule has 0 aliphatic heterocycles. The molecule has 2 N–H and O–H groups in total. The average molecular weight is 241 g/mol. The van der Waals surface area contributed by atoms with Gasteiger partial charge in [-0.15, -0.1) is 0 Å². The Labute approximate surface area is 105 Å². The van der Waals surface area contributed by atoms with Crippen LogP contribution in [-0.2, 0) is 4.79 Å². The molecule has 0 aromatic carbocycles. The smallest absolute Gasteiger partial charge is 0.223 e. The Morgan fingerprint density at radius 2 is 2.00 bits per heavy atom. The van der Waals surface area contributed by atoms with Crippen LogP contribution in [0.5, 0.6) is 0 Å². The molecule has 1 fully saturated rings. The zero-order chi connectivity index (χ0) is 12.7. The summed E-state index contributed by atoms with van der Waals surface area (Å²) < 4.78 is 0. The van der Waals surface area contributed by atoms with Crippen molar-refractivity contribution in [3.63, 3.8) is 0 Å². The standard InChI is InChI=1S/C14H27NO2/c1-3-4-5-12-6-8-13(9-7-12)14(17)15-11(2)10-16/h11-13,16H,3-10H2,1-2H3,(H,15,17)/t11-,12?,13?/m1/s1. The molecule has 0 radical (unpaired) electrons. The maximum absolute atomic E-state index is 11.9. The SMILES string of the molecule is CCCCC1CCC(C(=O)N[C@H](C)CO)CC1. The molecule has 0 spiro atoms. The van der Waals surface area contributed by atoms with Crippen molar-refractivity contribution in [2.45, 2.75) is 64.8 Å². The molecular formula is C14H27NO2. The van der Waals surface area contributed by atoms with Crippen LogP contribution >= 0.6 is 0 Å². The van der Waals surface area contributed by atoms with Crippen LogP contribution in [0.1, 0.15) is 58.8 Å². The maximum Gasteiger partial charge on any atom is 0.223 e. The summed E-state index contributed by atoms with van der Waals surface area (Å²) in [4.78, 5) is 11.9. The number of carbonyl (C=O) groups excluding carboxylic acids is 1. The van der Waals surface area contributed by atoms with Gasteiger partial charge in [-0.3, -0.25) is 4.79 Å². The first-order valence-corrected chi connectivity index (χ1v) is 7.08. The van der Waals surface area contributed by atoms with Crippen LogP contribution < -0.4 is 5.32 Å². The van der Waals surface area contributed by atoms with Crippen molar-refractivity contribution in [1.82, 2.24) is 5.32 Å². The van der Waals surface area contributed by atoms with Crippen molar-refractivity contribution in [2.75, 3.05) is 6.61 Å². The fourth-order valence-corrected chi connectivity index (χ4v) is 2.61. The van der Waals surface area contributed by atoms with E-state index in [-0.39, 0.29) is 24.5 Å². The Morgan fingerprint density at radius 1 is 1.35 bits per heavy atom. The first-order valence-electron chi connectivity index (χ1n) is 7.08. The van der Waals surface area contributed by atoms with Crippen LogP contribution in [0.25, 0.3) is 0 Å². The van der Waals surface area contributed by atoms with Gasteiger partial charge in [-0.05, 0) is 38.5 Å². The normalized spacial score (nSPS) is 26.5. The van der Waals surface area contributed by atoms with Crippen LogP contribution in [0.2, 0.25) is 0 Å². The van der Waals surface area contributed by atoms with Crippen molar-refractivity contribution in [3.05, 3.63) is 0 Å². The predicted molar refractivity (Wildman–Crippen MR) is 69.7 cm³/mol. The summed E-state index contributed by atoms with van der Waals surface area (Å²) in [7, 11) is 0. The van der Waals surface area contributed by atoms with Crippen LogP contribution in [0.4, 0.5) is 0 Å². The van der Waals surface area contributed by atoms with E-state index in [1.54, 1.807) is 0 Å². The van der Waals surface area contributed by atoms with Crippen molar-refractivity contribution in [2.24, 2.45) is 11.8 Å². The first-order chi connectivity index (χ1) is 8.17. The number of rotatable bonds is 6. The summed E-state index contributed by atoms with van der Waals surface area (Å²) in [5.41, 5.74) is 0. The molecule has 0 bridgehead atoms. The summed E-state index contributed by atoms with van der Waals surface area (Å²) in [6, 6.07) is -0.111. The zero-order valence-electron chi connectivity index (χ0n) is 11.2. The minimum absolute atomic E-state index is 0.0254. The van der Waals surface area contributed by atoms with Gasteiger partial charge in [0.1, 0.15) is 0 Å². The van der Waals surface area contributed by atoms with Crippen LogP contribution in [0, 0.1) is 11.8 Å². The van der Waals surface area contributed by atoms with Gasteiger partial charge in [0.2, 0.25) is 5.91 Å². The van der Waals surface area contributed by atoms with Gasteiger partial charge in [-0.2, -0.15) is 0 Å². The summed E-state index contributed by atoms with van der Waals surface area (Å²) in [6.07, 6.45) is 8.38. The number of hydrogen-bond acceptors (Lipinski definition) is 2. The van der Waals surface area contributed by atoms with E-state index in [4.69, 9.17) is 5.11 Å². The molecule has 100 valence electrons. The molecule has 0 heterocycles.